The van der Waals surface area contributed by atoms with E-state index in [0.29, 0.717) is 5.75 Å². The number of aromatic amines is 1. The van der Waals surface area contributed by atoms with Gasteiger partial charge in [-0.15, -0.1) is 0 Å². The van der Waals surface area contributed by atoms with Crippen molar-refractivity contribution in [1.82, 2.24) is 9.97 Å². The van der Waals surface area contributed by atoms with Gasteiger partial charge in [-0.2, -0.15) is 0 Å². The minimum absolute atomic E-state index is 0.0114. The molecule has 1 radical (unpaired) electrons. The molecular weight excluding hydrogens is 188 g/mol. The lowest BCUT2D eigenvalue weighted by Crippen LogP contribution is -2.12. The van der Waals surface area contributed by atoms with Crippen LogP contribution in [0, 0.1) is 7.11 Å². The predicted octanol–water partition coefficient (Wildman–Crippen LogP) is 3.03. The van der Waals surface area contributed by atoms with Crippen LogP contribution in [0.25, 0.3) is 11.0 Å². The van der Waals surface area contributed by atoms with E-state index in [1.165, 1.54) is 0 Å². The highest BCUT2D eigenvalue weighted by Gasteiger charge is 2.19. The van der Waals surface area contributed by atoms with Crippen LogP contribution in [-0.2, 0) is 5.41 Å². The molecule has 0 aliphatic rings. The molecule has 2 rings (SSSR count). The molecule has 15 heavy (non-hydrogen) atoms. The monoisotopic (exact) mass is 203 g/mol. The lowest BCUT2D eigenvalue weighted by molar-refractivity contribution is 0.477. The number of ether oxygens (including phenoxy) is 1. The summed E-state index contributed by atoms with van der Waals surface area (Å²) in [7, 11) is 3.42. The third-order valence-electron chi connectivity index (χ3n) is 2.34. The van der Waals surface area contributed by atoms with E-state index < -0.39 is 0 Å². The molecule has 0 unspecified atom stereocenters. The molecule has 1 N–H and O–H groups in total. The third kappa shape index (κ3) is 1.69. The van der Waals surface area contributed by atoms with E-state index in [1.807, 2.05) is 18.2 Å². The zero-order chi connectivity index (χ0) is 11.1. The molecule has 0 aliphatic carbocycles. The second-order valence-electron chi connectivity index (χ2n) is 4.63. The van der Waals surface area contributed by atoms with Crippen molar-refractivity contribution >= 4 is 11.0 Å². The molecule has 1 aromatic carbocycles. The van der Waals surface area contributed by atoms with Crippen molar-refractivity contribution in [1.29, 1.82) is 0 Å². The molecule has 0 atom stereocenters. The van der Waals surface area contributed by atoms with E-state index in [2.05, 4.69) is 37.8 Å². The Labute approximate surface area is 89.5 Å². The van der Waals surface area contributed by atoms with E-state index in [9.17, 15) is 0 Å². The quantitative estimate of drug-likeness (QED) is 0.773. The Kier molecular flexibility index (Phi) is 2.18. The number of hydrogen-bond donors (Lipinski definition) is 1. The Morgan fingerprint density at radius 1 is 1.33 bits per heavy atom. The fraction of sp³-hybridized carbons (Fsp3) is 0.333. The van der Waals surface area contributed by atoms with Crippen molar-refractivity contribution in [2.45, 2.75) is 26.2 Å². The van der Waals surface area contributed by atoms with Gasteiger partial charge in [0.05, 0.1) is 5.52 Å². The molecule has 1 heterocycles. The number of rotatable bonds is 1. The Bertz CT molecular complexity index is 480. The van der Waals surface area contributed by atoms with Crippen LogP contribution < -0.4 is 4.74 Å². The second-order valence-corrected chi connectivity index (χ2v) is 4.63. The molecule has 1 aromatic heterocycles. The zero-order valence-corrected chi connectivity index (χ0v) is 9.29. The number of nitrogens with zero attached hydrogens (tertiary/aromatic N) is 1. The second kappa shape index (κ2) is 3.26. The largest absolute Gasteiger partial charge is 0.488 e. The number of H-pyrrole nitrogens is 1. The highest BCUT2D eigenvalue weighted by Crippen LogP contribution is 2.27. The summed E-state index contributed by atoms with van der Waals surface area (Å²) in [5, 5.41) is 0. The third-order valence-corrected chi connectivity index (χ3v) is 2.34. The molecule has 0 bridgehead atoms. The molecule has 0 amide bonds. The molecule has 0 spiro atoms. The Morgan fingerprint density at radius 3 is 2.67 bits per heavy atom. The lowest BCUT2D eigenvalue weighted by atomic mass is 9.96. The molecule has 0 aliphatic heterocycles. The summed E-state index contributed by atoms with van der Waals surface area (Å²) in [5.74, 6) is 1.67. The maximum absolute atomic E-state index is 5.02. The minimum Gasteiger partial charge on any atom is -0.488 e. The Balaban J connectivity index is 2.65. The number of hydrogen-bond acceptors (Lipinski definition) is 2. The lowest BCUT2D eigenvalue weighted by Gasteiger charge is -2.13. The molecule has 79 valence electrons. The summed E-state index contributed by atoms with van der Waals surface area (Å²) < 4.78 is 5.02. The van der Waals surface area contributed by atoms with Crippen LogP contribution in [0.4, 0.5) is 0 Å². The summed E-state index contributed by atoms with van der Waals surface area (Å²) in [4.78, 5) is 7.83. The van der Waals surface area contributed by atoms with Gasteiger partial charge < -0.3 is 9.72 Å². The molecular formula is C12H15N2O. The van der Waals surface area contributed by atoms with Crippen molar-refractivity contribution < 1.29 is 4.74 Å². The van der Waals surface area contributed by atoms with E-state index >= 15 is 0 Å². The molecule has 0 saturated carbocycles. The smallest absolute Gasteiger partial charge is 0.147 e. The van der Waals surface area contributed by atoms with Crippen molar-refractivity contribution in [3.8, 4) is 5.75 Å². The average Bonchev–Trinajstić information content (AvgIpc) is 2.59. The Hall–Kier alpha value is -1.51. The minimum atomic E-state index is 0.0114. The van der Waals surface area contributed by atoms with Gasteiger partial charge >= 0.3 is 0 Å². The van der Waals surface area contributed by atoms with E-state index in [1.54, 1.807) is 0 Å². The highest BCUT2D eigenvalue weighted by atomic mass is 16.5. The number of benzene rings is 1. The van der Waals surface area contributed by atoms with Gasteiger partial charge in [-0.25, -0.2) is 4.98 Å². The van der Waals surface area contributed by atoms with Crippen molar-refractivity contribution in [2.24, 2.45) is 0 Å². The van der Waals surface area contributed by atoms with Crippen molar-refractivity contribution in [3.05, 3.63) is 31.1 Å². The van der Waals surface area contributed by atoms with Gasteiger partial charge in [0.2, 0.25) is 0 Å². The average molecular weight is 203 g/mol. The van der Waals surface area contributed by atoms with Crippen LogP contribution in [-0.4, -0.2) is 9.97 Å². The van der Waals surface area contributed by atoms with Crippen LogP contribution in [0.2, 0.25) is 0 Å². The first-order valence-corrected chi connectivity index (χ1v) is 4.93. The number of imidazole rings is 1. The SMILES string of the molecule is [CH2]Oc1cccc2[nH]c(C(C)(C)C)nc12. The first-order valence-electron chi connectivity index (χ1n) is 4.93. The van der Waals surface area contributed by atoms with Gasteiger partial charge in [-0.05, 0) is 12.1 Å². The fourth-order valence-electron chi connectivity index (χ4n) is 1.48. The summed E-state index contributed by atoms with van der Waals surface area (Å²) in [6.45, 7) is 6.36. The highest BCUT2D eigenvalue weighted by molar-refractivity contribution is 5.81. The molecule has 0 fully saturated rings. The predicted molar refractivity (Wildman–Crippen MR) is 60.8 cm³/mol. The van der Waals surface area contributed by atoms with Crippen LogP contribution >= 0.6 is 0 Å². The molecule has 3 heteroatoms. The van der Waals surface area contributed by atoms with Gasteiger partial charge in [-0.1, -0.05) is 26.8 Å². The number of fused-ring (bicyclic) bond motifs is 1. The fourth-order valence-corrected chi connectivity index (χ4v) is 1.48. The van der Waals surface area contributed by atoms with Crippen LogP contribution in [0.5, 0.6) is 5.75 Å². The maximum Gasteiger partial charge on any atom is 0.147 e. The van der Waals surface area contributed by atoms with E-state index in [0.717, 1.165) is 16.9 Å². The van der Waals surface area contributed by atoms with Gasteiger partial charge in [0.15, 0.2) is 0 Å². The zero-order valence-electron chi connectivity index (χ0n) is 9.29. The summed E-state index contributed by atoms with van der Waals surface area (Å²) in [6, 6.07) is 5.77. The maximum atomic E-state index is 5.02. The Morgan fingerprint density at radius 2 is 2.07 bits per heavy atom. The summed E-state index contributed by atoms with van der Waals surface area (Å²) in [5.41, 5.74) is 1.84. The van der Waals surface area contributed by atoms with Gasteiger partial charge in [0.1, 0.15) is 24.2 Å². The standard InChI is InChI=1S/C12H15N2O/c1-12(2,3)11-13-8-6-5-7-9(15-4)10(8)14-11/h5-7H,4H2,1-3H3,(H,13,14). The summed E-state index contributed by atoms with van der Waals surface area (Å²) in [6.07, 6.45) is 0. The van der Waals surface area contributed by atoms with E-state index in [4.69, 9.17) is 4.74 Å². The van der Waals surface area contributed by atoms with Crippen molar-refractivity contribution in [2.75, 3.05) is 0 Å². The topological polar surface area (TPSA) is 37.9 Å². The van der Waals surface area contributed by atoms with Crippen molar-refractivity contribution in [3.63, 3.8) is 0 Å². The number of nitrogens with one attached hydrogen (secondary N) is 1. The number of aromatic nitrogens is 2. The van der Waals surface area contributed by atoms with Crippen LogP contribution in [0.3, 0.4) is 0 Å². The first kappa shape index (κ1) is 10.0. The molecule has 2 aromatic rings. The summed E-state index contributed by atoms with van der Waals surface area (Å²) >= 11 is 0. The van der Waals surface area contributed by atoms with Gasteiger partial charge in [-0.3, -0.25) is 0 Å². The van der Waals surface area contributed by atoms with Gasteiger partial charge in [0, 0.05) is 5.41 Å². The molecule has 3 nitrogen and oxygen atoms in total. The van der Waals surface area contributed by atoms with Crippen LogP contribution in [0.15, 0.2) is 18.2 Å². The number of para-hydroxylation sites is 1. The van der Waals surface area contributed by atoms with Gasteiger partial charge in [0.25, 0.3) is 0 Å². The normalized spacial score (nSPS) is 12.0. The van der Waals surface area contributed by atoms with Crippen LogP contribution in [0.1, 0.15) is 26.6 Å². The first-order chi connectivity index (χ1) is 7.02. The van der Waals surface area contributed by atoms with E-state index in [-0.39, 0.29) is 5.41 Å². The molecule has 0 saturated heterocycles.